The summed E-state index contributed by atoms with van der Waals surface area (Å²) in [5, 5.41) is 6.88. The highest BCUT2D eigenvalue weighted by Crippen LogP contribution is 2.40. The standard InChI is InChI=1S/C10H11F6N/c1-4-5(2)7(9(11,12)13)8(6(3)17)10(14,15)16/h4,17H,1-3H3. The number of nitrogens with one attached hydrogen (secondary N) is 1. The number of alkyl halides is 6. The lowest BCUT2D eigenvalue weighted by molar-refractivity contribution is -0.109. The first kappa shape index (κ1) is 15.7. The minimum atomic E-state index is -5.21. The Morgan fingerprint density at radius 3 is 1.41 bits per heavy atom. The van der Waals surface area contributed by atoms with Gasteiger partial charge in [0.15, 0.2) is 0 Å². The quantitative estimate of drug-likeness (QED) is 0.431. The van der Waals surface area contributed by atoms with E-state index in [0.29, 0.717) is 6.92 Å². The lowest BCUT2D eigenvalue weighted by atomic mass is 9.97. The molecule has 0 aromatic heterocycles. The number of rotatable bonds is 2. The topological polar surface area (TPSA) is 23.9 Å². The molecule has 0 amide bonds. The zero-order valence-corrected chi connectivity index (χ0v) is 9.35. The molecule has 98 valence electrons. The molecule has 17 heavy (non-hydrogen) atoms. The molecule has 0 rings (SSSR count). The van der Waals surface area contributed by atoms with E-state index in [4.69, 9.17) is 5.41 Å². The first-order chi connectivity index (χ1) is 7.42. The molecule has 0 aromatic rings. The van der Waals surface area contributed by atoms with Gasteiger partial charge in [-0.15, -0.1) is 0 Å². The van der Waals surface area contributed by atoms with E-state index >= 15 is 0 Å². The summed E-state index contributed by atoms with van der Waals surface area (Å²) in [5.74, 6) is 0. The summed E-state index contributed by atoms with van der Waals surface area (Å²) in [6.45, 7) is 2.81. The van der Waals surface area contributed by atoms with Crippen molar-refractivity contribution < 1.29 is 26.3 Å². The van der Waals surface area contributed by atoms with Crippen LogP contribution in [0.1, 0.15) is 20.8 Å². The van der Waals surface area contributed by atoms with Crippen LogP contribution in [0.15, 0.2) is 22.8 Å². The van der Waals surface area contributed by atoms with Gasteiger partial charge in [0.25, 0.3) is 0 Å². The minimum Gasteiger partial charge on any atom is -0.305 e. The normalized spacial score (nSPS) is 15.7. The molecule has 1 nitrogen and oxygen atoms in total. The lowest BCUT2D eigenvalue weighted by Gasteiger charge is -2.20. The Balaban J connectivity index is 6.25. The van der Waals surface area contributed by atoms with Crippen LogP contribution in [0.2, 0.25) is 0 Å². The summed E-state index contributed by atoms with van der Waals surface area (Å²) >= 11 is 0. The molecule has 7 heteroatoms. The fraction of sp³-hybridized carbons (Fsp3) is 0.500. The highest BCUT2D eigenvalue weighted by molar-refractivity contribution is 5.98. The van der Waals surface area contributed by atoms with Crippen molar-refractivity contribution in [2.75, 3.05) is 0 Å². The Bertz CT molecular complexity index is 369. The number of hydrogen-bond donors (Lipinski definition) is 1. The summed E-state index contributed by atoms with van der Waals surface area (Å²) in [4.78, 5) is 0. The van der Waals surface area contributed by atoms with Gasteiger partial charge in [0.05, 0.1) is 11.1 Å². The summed E-state index contributed by atoms with van der Waals surface area (Å²) in [6.07, 6.45) is -9.43. The molecule has 0 fully saturated rings. The van der Waals surface area contributed by atoms with E-state index in [2.05, 4.69) is 0 Å². The monoisotopic (exact) mass is 259 g/mol. The van der Waals surface area contributed by atoms with E-state index in [-0.39, 0.29) is 0 Å². The van der Waals surface area contributed by atoms with Crippen molar-refractivity contribution in [3.63, 3.8) is 0 Å². The molecule has 0 heterocycles. The molecule has 0 aliphatic rings. The summed E-state index contributed by atoms with van der Waals surface area (Å²) in [7, 11) is 0. The van der Waals surface area contributed by atoms with Crippen LogP contribution in [0.3, 0.4) is 0 Å². The zero-order valence-electron chi connectivity index (χ0n) is 9.35. The van der Waals surface area contributed by atoms with Crippen LogP contribution in [-0.2, 0) is 0 Å². The first-order valence-electron chi connectivity index (χ1n) is 4.50. The van der Waals surface area contributed by atoms with E-state index in [0.717, 1.165) is 13.0 Å². The third-order valence-electron chi connectivity index (χ3n) is 2.02. The molecular weight excluding hydrogens is 248 g/mol. The van der Waals surface area contributed by atoms with Crippen molar-refractivity contribution in [2.24, 2.45) is 0 Å². The molecule has 0 aliphatic carbocycles. The number of halogens is 6. The predicted octanol–water partition coefficient (Wildman–Crippen LogP) is 4.41. The van der Waals surface area contributed by atoms with Crippen molar-refractivity contribution >= 4 is 5.71 Å². The second-order valence-electron chi connectivity index (χ2n) is 3.34. The van der Waals surface area contributed by atoms with Crippen molar-refractivity contribution in [1.29, 1.82) is 5.41 Å². The first-order valence-corrected chi connectivity index (χ1v) is 4.50. The van der Waals surface area contributed by atoms with Crippen molar-refractivity contribution in [1.82, 2.24) is 0 Å². The number of hydrogen-bond acceptors (Lipinski definition) is 1. The SMILES string of the molecule is CC=C(C)C(=C(C(C)=N)C(F)(F)F)C(F)(F)F. The van der Waals surface area contributed by atoms with Crippen LogP contribution < -0.4 is 0 Å². The van der Waals surface area contributed by atoms with E-state index in [1.54, 1.807) is 0 Å². The second-order valence-corrected chi connectivity index (χ2v) is 3.34. The molecule has 0 bridgehead atoms. The Morgan fingerprint density at radius 2 is 1.24 bits per heavy atom. The smallest absolute Gasteiger partial charge is 0.305 e. The van der Waals surface area contributed by atoms with Crippen LogP contribution in [0, 0.1) is 5.41 Å². The Kier molecular flexibility index (Phi) is 4.56. The van der Waals surface area contributed by atoms with Gasteiger partial charge in [-0.25, -0.2) is 0 Å². The highest BCUT2D eigenvalue weighted by Gasteiger charge is 2.46. The zero-order chi connectivity index (χ0) is 14.0. The minimum absolute atomic E-state index is 0.559. The van der Waals surface area contributed by atoms with Crippen LogP contribution >= 0.6 is 0 Å². The molecule has 1 N–H and O–H groups in total. The Labute approximate surface area is 94.3 Å². The molecule has 0 atom stereocenters. The maximum Gasteiger partial charge on any atom is 0.418 e. The van der Waals surface area contributed by atoms with Gasteiger partial charge in [-0.2, -0.15) is 26.3 Å². The molecule has 0 saturated heterocycles. The molecule has 0 saturated carbocycles. The summed E-state index contributed by atoms with van der Waals surface area (Å²) in [6, 6.07) is 0. The molecular formula is C10H11F6N. The van der Waals surface area contributed by atoms with Crippen LogP contribution in [0.5, 0.6) is 0 Å². The second kappa shape index (κ2) is 4.93. The maximum absolute atomic E-state index is 12.6. The summed E-state index contributed by atoms with van der Waals surface area (Å²) in [5.41, 5.74) is -5.47. The van der Waals surface area contributed by atoms with Gasteiger partial charge in [0, 0.05) is 5.71 Å². The van der Waals surface area contributed by atoms with Gasteiger partial charge in [0.1, 0.15) is 0 Å². The average Bonchev–Trinajstić information content (AvgIpc) is 2.08. The van der Waals surface area contributed by atoms with E-state index in [9.17, 15) is 26.3 Å². The predicted molar refractivity (Wildman–Crippen MR) is 52.0 cm³/mol. The van der Waals surface area contributed by atoms with E-state index in [1.165, 1.54) is 6.92 Å². The number of allylic oxidation sites excluding steroid dienone is 4. The van der Waals surface area contributed by atoms with Gasteiger partial charge in [-0.05, 0) is 26.3 Å². The van der Waals surface area contributed by atoms with Gasteiger partial charge in [-0.1, -0.05) is 6.08 Å². The van der Waals surface area contributed by atoms with Crippen molar-refractivity contribution in [2.45, 2.75) is 33.1 Å². The van der Waals surface area contributed by atoms with Gasteiger partial charge in [-0.3, -0.25) is 0 Å². The molecule has 0 radical (unpaired) electrons. The van der Waals surface area contributed by atoms with Crippen LogP contribution in [-0.4, -0.2) is 18.1 Å². The van der Waals surface area contributed by atoms with Gasteiger partial charge < -0.3 is 5.41 Å². The third-order valence-corrected chi connectivity index (χ3v) is 2.02. The fourth-order valence-electron chi connectivity index (χ4n) is 1.25. The third kappa shape index (κ3) is 3.90. The van der Waals surface area contributed by atoms with Crippen molar-refractivity contribution in [3.05, 3.63) is 22.8 Å². The van der Waals surface area contributed by atoms with Crippen LogP contribution in [0.25, 0.3) is 0 Å². The average molecular weight is 259 g/mol. The van der Waals surface area contributed by atoms with E-state index < -0.39 is 34.8 Å². The van der Waals surface area contributed by atoms with Gasteiger partial charge >= 0.3 is 12.4 Å². The summed E-state index contributed by atoms with van der Waals surface area (Å²) < 4.78 is 75.4. The largest absolute Gasteiger partial charge is 0.418 e. The maximum atomic E-state index is 12.6. The molecule has 0 spiro atoms. The van der Waals surface area contributed by atoms with Crippen molar-refractivity contribution in [3.8, 4) is 0 Å². The Morgan fingerprint density at radius 1 is 0.882 bits per heavy atom. The highest BCUT2D eigenvalue weighted by atomic mass is 19.4. The molecule has 0 aliphatic heterocycles. The van der Waals surface area contributed by atoms with Crippen LogP contribution in [0.4, 0.5) is 26.3 Å². The molecule has 0 unspecified atom stereocenters. The Hall–Kier alpha value is -1.27. The molecule has 0 aromatic carbocycles. The lowest BCUT2D eigenvalue weighted by Crippen LogP contribution is -2.27. The van der Waals surface area contributed by atoms with Gasteiger partial charge in [0.2, 0.25) is 0 Å². The van der Waals surface area contributed by atoms with E-state index in [1.807, 2.05) is 0 Å². The fourth-order valence-corrected chi connectivity index (χ4v) is 1.25.